The summed E-state index contributed by atoms with van der Waals surface area (Å²) in [6.07, 6.45) is 0.663. The van der Waals surface area contributed by atoms with E-state index in [4.69, 9.17) is 14.6 Å². The van der Waals surface area contributed by atoms with Crippen molar-refractivity contribution < 1.29 is 24.2 Å². The molecule has 7 nitrogen and oxygen atoms in total. The minimum absolute atomic E-state index is 0.166. The molecule has 19 heavy (non-hydrogen) atoms. The number of carbonyl (C=O) groups is 2. The number of hydrogen-bond acceptors (Lipinski definition) is 4. The molecule has 7 heteroatoms. The van der Waals surface area contributed by atoms with Crippen molar-refractivity contribution in [2.75, 3.05) is 33.5 Å². The molecule has 0 rings (SSSR count). The zero-order chi connectivity index (χ0) is 14.7. The van der Waals surface area contributed by atoms with Gasteiger partial charge in [-0.05, 0) is 12.3 Å². The second kappa shape index (κ2) is 10.6. The summed E-state index contributed by atoms with van der Waals surface area (Å²) in [4.78, 5) is 22.3. The molecule has 0 spiro atoms. The maximum atomic E-state index is 11.5. The first kappa shape index (κ1) is 17.7. The highest BCUT2D eigenvalue weighted by Crippen LogP contribution is 2.01. The van der Waals surface area contributed by atoms with Gasteiger partial charge in [0.1, 0.15) is 6.04 Å². The first-order valence-electron chi connectivity index (χ1n) is 6.33. The monoisotopic (exact) mass is 276 g/mol. The van der Waals surface area contributed by atoms with Gasteiger partial charge in [0.2, 0.25) is 0 Å². The number of aliphatic carboxylic acids is 1. The summed E-state index contributed by atoms with van der Waals surface area (Å²) >= 11 is 0. The van der Waals surface area contributed by atoms with E-state index in [1.54, 1.807) is 21.0 Å². The van der Waals surface area contributed by atoms with E-state index in [0.717, 1.165) is 0 Å². The van der Waals surface area contributed by atoms with E-state index >= 15 is 0 Å². The van der Waals surface area contributed by atoms with Crippen molar-refractivity contribution in [1.29, 1.82) is 0 Å². The van der Waals surface area contributed by atoms with E-state index in [1.807, 2.05) is 0 Å². The summed E-state index contributed by atoms with van der Waals surface area (Å²) < 4.78 is 10.0. The Balaban J connectivity index is 3.66. The number of methoxy groups -OCH3 is 1. The van der Waals surface area contributed by atoms with Crippen LogP contribution in [-0.4, -0.2) is 56.6 Å². The number of carboxylic acids is 1. The van der Waals surface area contributed by atoms with Gasteiger partial charge in [-0.2, -0.15) is 0 Å². The molecule has 0 aliphatic heterocycles. The third-order valence-corrected chi connectivity index (χ3v) is 2.40. The lowest BCUT2D eigenvalue weighted by molar-refractivity contribution is -0.140. The number of urea groups is 1. The Morgan fingerprint density at radius 2 is 1.89 bits per heavy atom. The van der Waals surface area contributed by atoms with Crippen molar-refractivity contribution in [3.63, 3.8) is 0 Å². The fraction of sp³-hybridized carbons (Fsp3) is 0.833. The molecule has 0 saturated carbocycles. The van der Waals surface area contributed by atoms with Crippen molar-refractivity contribution >= 4 is 12.0 Å². The molecule has 0 saturated heterocycles. The number of ether oxygens (including phenoxy) is 2. The zero-order valence-corrected chi connectivity index (χ0v) is 11.8. The van der Waals surface area contributed by atoms with Crippen molar-refractivity contribution in [2.45, 2.75) is 26.3 Å². The van der Waals surface area contributed by atoms with E-state index in [9.17, 15) is 9.59 Å². The maximum Gasteiger partial charge on any atom is 0.326 e. The highest BCUT2D eigenvalue weighted by atomic mass is 16.5. The molecular weight excluding hydrogens is 252 g/mol. The molecule has 0 fully saturated rings. The molecule has 0 heterocycles. The molecule has 1 atom stereocenters. The minimum Gasteiger partial charge on any atom is -0.480 e. The summed E-state index contributed by atoms with van der Waals surface area (Å²) in [5, 5.41) is 13.9. The SMILES string of the molecule is COCCOCCCNC(=O)N[C@@H](C(=O)O)C(C)C. The van der Waals surface area contributed by atoms with Gasteiger partial charge in [-0.15, -0.1) is 0 Å². The van der Waals surface area contributed by atoms with Gasteiger partial charge in [-0.1, -0.05) is 13.8 Å². The van der Waals surface area contributed by atoms with Crippen LogP contribution in [-0.2, 0) is 14.3 Å². The molecule has 0 aliphatic carbocycles. The van der Waals surface area contributed by atoms with Crippen LogP contribution in [0, 0.1) is 5.92 Å². The standard InChI is InChI=1S/C12H24N2O5/c1-9(2)10(11(15)16)14-12(17)13-5-4-6-19-8-7-18-3/h9-10H,4-8H2,1-3H3,(H,15,16)(H2,13,14,17)/t10-/m1/s1. The van der Waals surface area contributed by atoms with Gasteiger partial charge in [0.25, 0.3) is 0 Å². The predicted molar refractivity (Wildman–Crippen MR) is 70.1 cm³/mol. The lowest BCUT2D eigenvalue weighted by atomic mass is 10.1. The van der Waals surface area contributed by atoms with Crippen LogP contribution >= 0.6 is 0 Å². The predicted octanol–water partition coefficient (Wildman–Crippen LogP) is 0.448. The van der Waals surface area contributed by atoms with Gasteiger partial charge >= 0.3 is 12.0 Å². The van der Waals surface area contributed by atoms with Gasteiger partial charge in [-0.3, -0.25) is 0 Å². The Bertz CT molecular complexity index is 271. The van der Waals surface area contributed by atoms with Crippen LogP contribution in [0.3, 0.4) is 0 Å². The molecule has 2 amide bonds. The van der Waals surface area contributed by atoms with Crippen molar-refractivity contribution in [2.24, 2.45) is 5.92 Å². The topological polar surface area (TPSA) is 96.9 Å². The van der Waals surface area contributed by atoms with Crippen LogP contribution in [0.5, 0.6) is 0 Å². The van der Waals surface area contributed by atoms with Gasteiger partial charge in [0, 0.05) is 20.3 Å². The average Bonchev–Trinajstić information content (AvgIpc) is 2.34. The summed E-state index contributed by atoms with van der Waals surface area (Å²) in [7, 11) is 1.60. The number of hydrogen-bond donors (Lipinski definition) is 3. The summed E-state index contributed by atoms with van der Waals surface area (Å²) in [5.41, 5.74) is 0. The smallest absolute Gasteiger partial charge is 0.326 e. The average molecular weight is 276 g/mol. The van der Waals surface area contributed by atoms with Crippen LogP contribution in [0.25, 0.3) is 0 Å². The molecule has 0 aliphatic rings. The third kappa shape index (κ3) is 9.26. The second-order valence-corrected chi connectivity index (χ2v) is 4.42. The van der Waals surface area contributed by atoms with Crippen LogP contribution in [0.15, 0.2) is 0 Å². The summed E-state index contributed by atoms with van der Waals surface area (Å²) in [6.45, 7) is 5.50. The third-order valence-electron chi connectivity index (χ3n) is 2.40. The Kier molecular flexibility index (Phi) is 9.82. The number of nitrogens with one attached hydrogen (secondary N) is 2. The quantitative estimate of drug-likeness (QED) is 0.503. The maximum absolute atomic E-state index is 11.5. The second-order valence-electron chi connectivity index (χ2n) is 4.42. The lowest BCUT2D eigenvalue weighted by Crippen LogP contribution is -2.48. The first-order valence-corrected chi connectivity index (χ1v) is 6.33. The molecule has 0 aromatic rings. The van der Waals surface area contributed by atoms with E-state index < -0.39 is 18.0 Å². The Labute approximate surface area is 113 Å². The number of amides is 2. The summed E-state index contributed by atoms with van der Waals surface area (Å²) in [6, 6.07) is -1.35. The van der Waals surface area contributed by atoms with Crippen molar-refractivity contribution in [1.82, 2.24) is 10.6 Å². The molecule has 3 N–H and O–H groups in total. The van der Waals surface area contributed by atoms with Gasteiger partial charge in [-0.25, -0.2) is 9.59 Å². The molecule has 0 unspecified atom stereocenters. The highest BCUT2D eigenvalue weighted by Gasteiger charge is 2.22. The molecule has 0 bridgehead atoms. The number of carboxylic acid groups (broad SMARTS) is 1. The van der Waals surface area contributed by atoms with Gasteiger partial charge < -0.3 is 25.2 Å². The lowest BCUT2D eigenvalue weighted by Gasteiger charge is -2.18. The molecule has 0 aromatic heterocycles. The van der Waals surface area contributed by atoms with E-state index in [-0.39, 0.29) is 5.92 Å². The molecular formula is C12H24N2O5. The van der Waals surface area contributed by atoms with Crippen LogP contribution < -0.4 is 10.6 Å². The van der Waals surface area contributed by atoms with Crippen molar-refractivity contribution in [3.05, 3.63) is 0 Å². The normalized spacial score (nSPS) is 12.2. The summed E-state index contributed by atoms with van der Waals surface area (Å²) in [5.74, 6) is -1.20. The van der Waals surface area contributed by atoms with E-state index in [0.29, 0.717) is 32.8 Å². The number of rotatable bonds is 10. The van der Waals surface area contributed by atoms with E-state index in [2.05, 4.69) is 10.6 Å². The largest absolute Gasteiger partial charge is 0.480 e. The fourth-order valence-electron chi connectivity index (χ4n) is 1.33. The Hall–Kier alpha value is -1.34. The molecule has 0 radical (unpaired) electrons. The Morgan fingerprint density at radius 3 is 2.42 bits per heavy atom. The van der Waals surface area contributed by atoms with E-state index in [1.165, 1.54) is 0 Å². The van der Waals surface area contributed by atoms with Crippen molar-refractivity contribution in [3.8, 4) is 0 Å². The highest BCUT2D eigenvalue weighted by molar-refractivity contribution is 5.82. The fourth-order valence-corrected chi connectivity index (χ4v) is 1.33. The van der Waals surface area contributed by atoms with Crippen LogP contribution in [0.1, 0.15) is 20.3 Å². The Morgan fingerprint density at radius 1 is 1.21 bits per heavy atom. The zero-order valence-electron chi connectivity index (χ0n) is 11.8. The van der Waals surface area contributed by atoms with Crippen LogP contribution in [0.2, 0.25) is 0 Å². The van der Waals surface area contributed by atoms with Crippen LogP contribution in [0.4, 0.5) is 4.79 Å². The number of carbonyl (C=O) groups excluding carboxylic acids is 1. The van der Waals surface area contributed by atoms with Gasteiger partial charge in [0.15, 0.2) is 0 Å². The minimum atomic E-state index is -1.03. The first-order chi connectivity index (χ1) is 8.99. The van der Waals surface area contributed by atoms with Gasteiger partial charge in [0.05, 0.1) is 13.2 Å². The molecule has 0 aromatic carbocycles. The molecule has 112 valence electrons.